The Morgan fingerprint density at radius 2 is 1.83 bits per heavy atom. The highest BCUT2D eigenvalue weighted by atomic mass is 16.1. The highest BCUT2D eigenvalue weighted by molar-refractivity contribution is 5.90. The van der Waals surface area contributed by atoms with E-state index in [-0.39, 0.29) is 17.0 Å². The molecule has 0 rings (SSSR count). The van der Waals surface area contributed by atoms with Gasteiger partial charge in [0.05, 0.1) is 0 Å². The van der Waals surface area contributed by atoms with Crippen molar-refractivity contribution in [3.05, 3.63) is 12.7 Å². The summed E-state index contributed by atoms with van der Waals surface area (Å²) >= 11 is 0. The summed E-state index contributed by atoms with van der Waals surface area (Å²) in [5.74, 6) is 0.123. The fourth-order valence-electron chi connectivity index (χ4n) is 1.28. The van der Waals surface area contributed by atoms with Crippen molar-refractivity contribution in [2.24, 2.45) is 5.41 Å². The third-order valence-corrected chi connectivity index (χ3v) is 1.61. The van der Waals surface area contributed by atoms with Crippen molar-refractivity contribution in [2.45, 2.75) is 33.6 Å². The Balaban J connectivity index is 4.11. The van der Waals surface area contributed by atoms with Gasteiger partial charge in [-0.05, 0) is 18.4 Å². The van der Waals surface area contributed by atoms with Crippen molar-refractivity contribution in [3.63, 3.8) is 0 Å². The minimum absolute atomic E-state index is 0.00116. The van der Waals surface area contributed by atoms with Crippen molar-refractivity contribution in [3.8, 4) is 0 Å². The summed E-state index contributed by atoms with van der Waals surface area (Å²) in [5, 5.41) is 0. The third-order valence-electron chi connectivity index (χ3n) is 1.61. The summed E-state index contributed by atoms with van der Waals surface area (Å²) < 4.78 is 0. The molecule has 0 radical (unpaired) electrons. The van der Waals surface area contributed by atoms with E-state index in [0.29, 0.717) is 12.8 Å². The van der Waals surface area contributed by atoms with Gasteiger partial charge in [-0.3, -0.25) is 4.79 Å². The van der Waals surface area contributed by atoms with Crippen molar-refractivity contribution in [1.82, 2.24) is 0 Å². The molecule has 0 fully saturated rings. The number of carbonyl (C=O) groups excluding carboxylic acids is 2. The van der Waals surface area contributed by atoms with Crippen LogP contribution in [0.1, 0.15) is 33.6 Å². The lowest BCUT2D eigenvalue weighted by Crippen LogP contribution is -2.18. The molecule has 0 spiro atoms. The molecule has 0 atom stereocenters. The largest absolute Gasteiger partial charge is 0.300 e. The van der Waals surface area contributed by atoms with Crippen LogP contribution in [0.3, 0.4) is 0 Å². The van der Waals surface area contributed by atoms with E-state index in [4.69, 9.17) is 0 Å². The molecule has 0 heterocycles. The quantitative estimate of drug-likeness (QED) is 0.589. The van der Waals surface area contributed by atoms with Crippen LogP contribution in [0, 0.1) is 5.41 Å². The lowest BCUT2D eigenvalue weighted by Gasteiger charge is -2.20. The molecule has 0 bridgehead atoms. The number of Topliss-reactive ketones (excluding diaryl/α,β-unsaturated/α-hetero) is 1. The highest BCUT2D eigenvalue weighted by Gasteiger charge is 2.22. The van der Waals surface area contributed by atoms with Crippen LogP contribution in [0.5, 0.6) is 0 Å². The van der Waals surface area contributed by atoms with Gasteiger partial charge in [0.1, 0.15) is 5.78 Å². The lowest BCUT2D eigenvalue weighted by atomic mass is 9.83. The van der Waals surface area contributed by atoms with Gasteiger partial charge in [0.25, 0.3) is 0 Å². The second-order valence-corrected chi connectivity index (χ2v) is 3.89. The summed E-state index contributed by atoms with van der Waals surface area (Å²) in [6.45, 7) is 8.76. The molecule has 0 aliphatic heterocycles. The predicted octanol–water partition coefficient (Wildman–Crippen LogP) is 2.14. The number of hydrogen-bond donors (Lipinski definition) is 0. The summed E-state index contributed by atoms with van der Waals surface area (Å²) in [6.07, 6.45) is 2.16. The van der Waals surface area contributed by atoms with E-state index in [1.165, 1.54) is 6.08 Å². The van der Waals surface area contributed by atoms with E-state index >= 15 is 0 Å². The zero-order chi connectivity index (χ0) is 9.78. The van der Waals surface area contributed by atoms with Crippen LogP contribution in [0.4, 0.5) is 0 Å². The number of carbonyl (C=O) groups is 2. The van der Waals surface area contributed by atoms with Crippen molar-refractivity contribution in [2.75, 3.05) is 0 Å². The molecule has 0 aliphatic carbocycles. The minimum atomic E-state index is -0.225. The second kappa shape index (κ2) is 4.19. The predicted molar refractivity (Wildman–Crippen MR) is 48.9 cm³/mol. The van der Waals surface area contributed by atoms with Gasteiger partial charge in [0, 0.05) is 12.8 Å². The van der Waals surface area contributed by atoms with Crippen LogP contribution in [0.2, 0.25) is 0 Å². The first-order valence-corrected chi connectivity index (χ1v) is 4.02. The van der Waals surface area contributed by atoms with E-state index in [2.05, 4.69) is 6.58 Å². The molecule has 0 aromatic carbocycles. The fraction of sp³-hybridized carbons (Fsp3) is 0.600. The summed E-state index contributed by atoms with van der Waals surface area (Å²) in [5.41, 5.74) is -0.225. The molecule has 2 heteroatoms. The van der Waals surface area contributed by atoms with Crippen LogP contribution in [-0.2, 0) is 9.59 Å². The van der Waals surface area contributed by atoms with E-state index in [9.17, 15) is 9.59 Å². The maximum atomic E-state index is 11.0. The van der Waals surface area contributed by atoms with Crippen LogP contribution >= 0.6 is 0 Å². The Hall–Kier alpha value is -0.920. The molecule has 0 aromatic heterocycles. The molecular formula is C10H16O2. The molecular weight excluding hydrogens is 152 g/mol. The van der Waals surface area contributed by atoms with Crippen LogP contribution < -0.4 is 0 Å². The van der Waals surface area contributed by atoms with Crippen LogP contribution in [0.15, 0.2) is 12.7 Å². The number of allylic oxidation sites excluding steroid dienone is 1. The average molecular weight is 168 g/mol. The maximum absolute atomic E-state index is 11.0. The molecule has 0 aromatic rings. The maximum Gasteiger partial charge on any atom is 0.155 e. The smallest absolute Gasteiger partial charge is 0.155 e. The number of rotatable bonds is 5. The Bertz CT molecular complexity index is 202. The first-order valence-electron chi connectivity index (χ1n) is 4.02. The first-order chi connectivity index (χ1) is 5.37. The monoisotopic (exact) mass is 168 g/mol. The third kappa shape index (κ3) is 4.83. The fourth-order valence-corrected chi connectivity index (χ4v) is 1.28. The molecule has 0 amide bonds. The molecule has 0 saturated carbocycles. The second-order valence-electron chi connectivity index (χ2n) is 3.89. The SMILES string of the molecule is C=CC(=O)CC(C)(C)CC(C)=O. The van der Waals surface area contributed by atoms with Gasteiger partial charge in [-0.1, -0.05) is 20.4 Å². The van der Waals surface area contributed by atoms with Crippen LogP contribution in [-0.4, -0.2) is 11.6 Å². The molecule has 68 valence electrons. The molecule has 0 saturated heterocycles. The topological polar surface area (TPSA) is 34.1 Å². The van der Waals surface area contributed by atoms with E-state index < -0.39 is 0 Å². The summed E-state index contributed by atoms with van der Waals surface area (Å²) in [4.78, 5) is 21.8. The zero-order valence-electron chi connectivity index (χ0n) is 8.02. The average Bonchev–Trinajstić information content (AvgIpc) is 1.83. The number of hydrogen-bond acceptors (Lipinski definition) is 2. The first kappa shape index (κ1) is 11.1. The van der Waals surface area contributed by atoms with Gasteiger partial charge in [-0.2, -0.15) is 0 Å². The Labute approximate surface area is 73.7 Å². The van der Waals surface area contributed by atoms with Gasteiger partial charge in [0.15, 0.2) is 5.78 Å². The highest BCUT2D eigenvalue weighted by Crippen LogP contribution is 2.25. The van der Waals surface area contributed by atoms with Crippen molar-refractivity contribution >= 4 is 11.6 Å². The molecule has 0 N–H and O–H groups in total. The van der Waals surface area contributed by atoms with E-state index in [0.717, 1.165) is 0 Å². The van der Waals surface area contributed by atoms with Gasteiger partial charge in [-0.15, -0.1) is 0 Å². The van der Waals surface area contributed by atoms with Gasteiger partial charge in [-0.25, -0.2) is 0 Å². The van der Waals surface area contributed by atoms with Gasteiger partial charge < -0.3 is 4.79 Å². The van der Waals surface area contributed by atoms with Crippen molar-refractivity contribution < 1.29 is 9.59 Å². The lowest BCUT2D eigenvalue weighted by molar-refractivity contribution is -0.120. The molecule has 0 aliphatic rings. The van der Waals surface area contributed by atoms with E-state index in [1.807, 2.05) is 13.8 Å². The van der Waals surface area contributed by atoms with E-state index in [1.54, 1.807) is 6.92 Å². The van der Waals surface area contributed by atoms with Gasteiger partial charge >= 0.3 is 0 Å². The molecule has 12 heavy (non-hydrogen) atoms. The van der Waals surface area contributed by atoms with Crippen LogP contribution in [0.25, 0.3) is 0 Å². The minimum Gasteiger partial charge on any atom is -0.300 e. The summed E-state index contributed by atoms with van der Waals surface area (Å²) in [6, 6.07) is 0. The van der Waals surface area contributed by atoms with Crippen molar-refractivity contribution in [1.29, 1.82) is 0 Å². The Morgan fingerprint density at radius 1 is 1.33 bits per heavy atom. The summed E-state index contributed by atoms with van der Waals surface area (Å²) in [7, 11) is 0. The normalized spacial score (nSPS) is 10.9. The van der Waals surface area contributed by atoms with Gasteiger partial charge in [0.2, 0.25) is 0 Å². The zero-order valence-corrected chi connectivity index (χ0v) is 8.02. The number of ketones is 2. The molecule has 2 nitrogen and oxygen atoms in total. The molecule has 0 unspecified atom stereocenters. The standard InChI is InChI=1S/C10H16O2/c1-5-9(12)7-10(3,4)6-8(2)11/h5H,1,6-7H2,2-4H3. The Morgan fingerprint density at radius 3 is 2.17 bits per heavy atom. The Kier molecular flexibility index (Phi) is 3.87.